The molecule has 64 valence electrons. The number of hydrogen-bond donors (Lipinski definition) is 0. The van der Waals surface area contributed by atoms with Crippen LogP contribution in [0.1, 0.15) is 33.1 Å². The Morgan fingerprint density at radius 1 is 1.55 bits per heavy atom. The van der Waals surface area contributed by atoms with Gasteiger partial charge in [0.25, 0.3) is 0 Å². The maximum atomic E-state index is 3.53. The van der Waals surface area contributed by atoms with Crippen LogP contribution in [0.3, 0.4) is 0 Å². The van der Waals surface area contributed by atoms with Crippen LogP contribution in [-0.2, 0) is 0 Å². The predicted octanol–water partition coefficient (Wildman–Crippen LogP) is 3.76. The lowest BCUT2D eigenvalue weighted by atomic mass is 9.83. The third kappa shape index (κ3) is 2.62. The average molecular weight is 217 g/mol. The molecule has 0 radical (unpaired) electrons. The molecule has 1 aliphatic rings. The highest BCUT2D eigenvalue weighted by atomic mass is 79.9. The molecule has 0 bridgehead atoms. The summed E-state index contributed by atoms with van der Waals surface area (Å²) in [6, 6.07) is 0. The molecule has 0 nitrogen and oxygen atoms in total. The molecule has 0 aromatic rings. The summed E-state index contributed by atoms with van der Waals surface area (Å²) < 4.78 is 0. The minimum atomic E-state index is 0.718. The first-order valence-electron chi connectivity index (χ1n) is 4.50. The Hall–Kier alpha value is 0.220. The summed E-state index contributed by atoms with van der Waals surface area (Å²) in [7, 11) is 0. The van der Waals surface area contributed by atoms with Crippen molar-refractivity contribution in [2.45, 2.75) is 33.1 Å². The van der Waals surface area contributed by atoms with E-state index in [1.54, 1.807) is 5.57 Å². The van der Waals surface area contributed by atoms with Gasteiger partial charge in [0.2, 0.25) is 0 Å². The first-order valence-corrected chi connectivity index (χ1v) is 5.62. The summed E-state index contributed by atoms with van der Waals surface area (Å²) in [6.45, 7) is 4.54. The van der Waals surface area contributed by atoms with E-state index in [1.165, 1.54) is 19.3 Å². The van der Waals surface area contributed by atoms with E-state index in [9.17, 15) is 0 Å². The van der Waals surface area contributed by atoms with E-state index in [0.717, 1.165) is 17.2 Å². The lowest BCUT2D eigenvalue weighted by molar-refractivity contribution is 0.384. The van der Waals surface area contributed by atoms with Crippen LogP contribution in [0.15, 0.2) is 11.6 Å². The zero-order valence-corrected chi connectivity index (χ0v) is 9.02. The molecular formula is C10H17Br. The summed E-state index contributed by atoms with van der Waals surface area (Å²) in [5, 5.41) is 1.06. The standard InChI is InChI=1S/C10H17Br/c1-8(2)10(7-11)6-9-4-3-5-9/h6,8-9H,3-5,7H2,1-2H3. The van der Waals surface area contributed by atoms with Gasteiger partial charge < -0.3 is 0 Å². The van der Waals surface area contributed by atoms with Gasteiger partial charge in [-0.25, -0.2) is 0 Å². The third-order valence-electron chi connectivity index (χ3n) is 2.50. The molecule has 0 heterocycles. The van der Waals surface area contributed by atoms with E-state index < -0.39 is 0 Å². The summed E-state index contributed by atoms with van der Waals surface area (Å²) >= 11 is 3.53. The van der Waals surface area contributed by atoms with E-state index in [-0.39, 0.29) is 0 Å². The molecule has 0 aromatic heterocycles. The lowest BCUT2D eigenvalue weighted by Gasteiger charge is -2.23. The molecule has 1 fully saturated rings. The van der Waals surface area contributed by atoms with Gasteiger partial charge in [-0.15, -0.1) is 0 Å². The molecule has 1 aliphatic carbocycles. The van der Waals surface area contributed by atoms with Crippen molar-refractivity contribution in [2.75, 3.05) is 5.33 Å². The van der Waals surface area contributed by atoms with Crippen LogP contribution in [0.4, 0.5) is 0 Å². The van der Waals surface area contributed by atoms with E-state index in [2.05, 4.69) is 35.9 Å². The number of halogens is 1. The Morgan fingerprint density at radius 3 is 2.45 bits per heavy atom. The van der Waals surface area contributed by atoms with Gasteiger partial charge in [-0.1, -0.05) is 47.8 Å². The quantitative estimate of drug-likeness (QED) is 0.498. The molecule has 0 spiro atoms. The molecule has 1 heteroatoms. The first-order chi connectivity index (χ1) is 5.24. The van der Waals surface area contributed by atoms with Crippen LogP contribution in [0, 0.1) is 11.8 Å². The second-order valence-corrected chi connectivity index (χ2v) is 4.28. The second-order valence-electron chi connectivity index (χ2n) is 3.72. The summed E-state index contributed by atoms with van der Waals surface area (Å²) in [5.41, 5.74) is 1.58. The monoisotopic (exact) mass is 216 g/mol. The number of allylic oxidation sites excluding steroid dienone is 2. The van der Waals surface area contributed by atoms with Gasteiger partial charge in [-0.3, -0.25) is 0 Å². The summed E-state index contributed by atoms with van der Waals surface area (Å²) in [4.78, 5) is 0. The zero-order valence-electron chi connectivity index (χ0n) is 7.44. The molecule has 1 saturated carbocycles. The summed E-state index contributed by atoms with van der Waals surface area (Å²) in [6.07, 6.45) is 6.75. The number of rotatable bonds is 3. The highest BCUT2D eigenvalue weighted by molar-refractivity contribution is 9.09. The molecule has 0 aliphatic heterocycles. The zero-order chi connectivity index (χ0) is 8.27. The van der Waals surface area contributed by atoms with Gasteiger partial charge in [-0.05, 0) is 24.7 Å². The predicted molar refractivity (Wildman–Crippen MR) is 54.1 cm³/mol. The Kier molecular flexibility index (Phi) is 3.64. The second kappa shape index (κ2) is 4.30. The van der Waals surface area contributed by atoms with Gasteiger partial charge in [0.15, 0.2) is 0 Å². The van der Waals surface area contributed by atoms with Crippen molar-refractivity contribution in [1.29, 1.82) is 0 Å². The molecule has 0 atom stereocenters. The van der Waals surface area contributed by atoms with Crippen LogP contribution in [0.5, 0.6) is 0 Å². The van der Waals surface area contributed by atoms with Crippen molar-refractivity contribution in [2.24, 2.45) is 11.8 Å². The van der Waals surface area contributed by atoms with Crippen LogP contribution in [0.25, 0.3) is 0 Å². The van der Waals surface area contributed by atoms with Gasteiger partial charge >= 0.3 is 0 Å². The van der Waals surface area contributed by atoms with E-state index >= 15 is 0 Å². The maximum absolute atomic E-state index is 3.53. The topological polar surface area (TPSA) is 0 Å². The highest BCUT2D eigenvalue weighted by Gasteiger charge is 2.15. The number of alkyl halides is 1. The van der Waals surface area contributed by atoms with Crippen LogP contribution >= 0.6 is 15.9 Å². The Bertz CT molecular complexity index is 143. The highest BCUT2D eigenvalue weighted by Crippen LogP contribution is 2.30. The maximum Gasteiger partial charge on any atom is 0.0244 e. The summed E-state index contributed by atoms with van der Waals surface area (Å²) in [5.74, 6) is 1.62. The molecule has 11 heavy (non-hydrogen) atoms. The molecule has 0 N–H and O–H groups in total. The molecule has 0 unspecified atom stereocenters. The van der Waals surface area contributed by atoms with Crippen molar-refractivity contribution >= 4 is 15.9 Å². The minimum Gasteiger partial charge on any atom is -0.0880 e. The van der Waals surface area contributed by atoms with Gasteiger partial charge in [0, 0.05) is 5.33 Å². The van der Waals surface area contributed by atoms with Crippen molar-refractivity contribution < 1.29 is 0 Å². The van der Waals surface area contributed by atoms with E-state index in [4.69, 9.17) is 0 Å². The lowest BCUT2D eigenvalue weighted by Crippen LogP contribution is -2.10. The van der Waals surface area contributed by atoms with Gasteiger partial charge in [0.05, 0.1) is 0 Å². The van der Waals surface area contributed by atoms with Crippen molar-refractivity contribution in [3.8, 4) is 0 Å². The van der Waals surface area contributed by atoms with Crippen LogP contribution in [-0.4, -0.2) is 5.33 Å². The van der Waals surface area contributed by atoms with E-state index in [1.807, 2.05) is 0 Å². The van der Waals surface area contributed by atoms with Crippen molar-refractivity contribution in [3.05, 3.63) is 11.6 Å². The smallest absolute Gasteiger partial charge is 0.0244 e. The van der Waals surface area contributed by atoms with Crippen molar-refractivity contribution in [1.82, 2.24) is 0 Å². The van der Waals surface area contributed by atoms with Crippen LogP contribution in [0.2, 0.25) is 0 Å². The van der Waals surface area contributed by atoms with Gasteiger partial charge in [0.1, 0.15) is 0 Å². The minimum absolute atomic E-state index is 0.718. The molecule has 0 aromatic carbocycles. The van der Waals surface area contributed by atoms with Gasteiger partial charge in [-0.2, -0.15) is 0 Å². The Balaban J connectivity index is 2.44. The van der Waals surface area contributed by atoms with E-state index in [0.29, 0.717) is 0 Å². The fourth-order valence-electron chi connectivity index (χ4n) is 1.30. The van der Waals surface area contributed by atoms with Crippen molar-refractivity contribution in [3.63, 3.8) is 0 Å². The molecular weight excluding hydrogens is 200 g/mol. The average Bonchev–Trinajstić information content (AvgIpc) is 1.85. The first kappa shape index (κ1) is 9.31. The normalized spacial score (nSPS) is 20.5. The third-order valence-corrected chi connectivity index (χ3v) is 3.14. The van der Waals surface area contributed by atoms with Crippen LogP contribution < -0.4 is 0 Å². The Morgan fingerprint density at radius 2 is 2.18 bits per heavy atom. The molecule has 1 rings (SSSR count). The SMILES string of the molecule is CC(C)C(=CC1CCC1)CBr. The largest absolute Gasteiger partial charge is 0.0880 e. The fourth-order valence-corrected chi connectivity index (χ4v) is 2.13. The molecule has 0 saturated heterocycles. The fraction of sp³-hybridized carbons (Fsp3) is 0.800. The Labute approximate surface area is 78.2 Å². The number of hydrogen-bond acceptors (Lipinski definition) is 0. The molecule has 0 amide bonds.